The van der Waals surface area contributed by atoms with Crippen LogP contribution in [0.5, 0.6) is 11.5 Å². The lowest BCUT2D eigenvalue weighted by Gasteiger charge is -2.20. The lowest BCUT2D eigenvalue weighted by atomic mass is 10.1. The van der Waals surface area contributed by atoms with Crippen LogP contribution in [-0.4, -0.2) is 31.0 Å². The quantitative estimate of drug-likeness (QED) is 0.790. The second kappa shape index (κ2) is 7.59. The SMILES string of the molecule is O=C(COC(=O)[C@@H]1SCCc2sccc21)NCc1ccc2c(c1)OCO2. The second-order valence-electron chi connectivity index (χ2n) is 5.87. The van der Waals surface area contributed by atoms with Gasteiger partial charge >= 0.3 is 5.97 Å². The lowest BCUT2D eigenvalue weighted by Crippen LogP contribution is -2.29. The van der Waals surface area contributed by atoms with E-state index in [1.54, 1.807) is 23.1 Å². The predicted octanol–water partition coefficient (Wildman–Crippen LogP) is 2.67. The highest BCUT2D eigenvalue weighted by Gasteiger charge is 2.29. The maximum absolute atomic E-state index is 12.3. The van der Waals surface area contributed by atoms with Gasteiger partial charge in [0.05, 0.1) is 0 Å². The van der Waals surface area contributed by atoms with E-state index in [4.69, 9.17) is 14.2 Å². The lowest BCUT2D eigenvalue weighted by molar-refractivity contribution is -0.148. The molecule has 0 unspecified atom stereocenters. The van der Waals surface area contributed by atoms with E-state index in [2.05, 4.69) is 5.32 Å². The number of thiophene rings is 1. The van der Waals surface area contributed by atoms with Gasteiger partial charge in [-0.1, -0.05) is 6.07 Å². The summed E-state index contributed by atoms with van der Waals surface area (Å²) in [5.41, 5.74) is 1.91. The molecule has 1 atom stereocenters. The molecule has 1 N–H and O–H groups in total. The fourth-order valence-electron chi connectivity index (χ4n) is 2.86. The molecule has 1 aromatic heterocycles. The van der Waals surface area contributed by atoms with Gasteiger partial charge in [0.2, 0.25) is 6.79 Å². The topological polar surface area (TPSA) is 73.9 Å². The summed E-state index contributed by atoms with van der Waals surface area (Å²) in [7, 11) is 0. The van der Waals surface area contributed by atoms with Gasteiger partial charge < -0.3 is 19.5 Å². The van der Waals surface area contributed by atoms with Gasteiger partial charge in [0.25, 0.3) is 5.91 Å². The summed E-state index contributed by atoms with van der Waals surface area (Å²) in [6, 6.07) is 7.46. The van der Waals surface area contributed by atoms with Crippen molar-refractivity contribution < 1.29 is 23.8 Å². The number of amides is 1. The standard InChI is InChI=1S/C18H17NO5S2/c20-16(19-8-11-1-2-13-14(7-11)24-10-23-13)9-22-18(21)17-12-3-5-25-15(12)4-6-26-17/h1-3,5,7,17H,4,6,8-10H2,(H,19,20)/t17-/m1/s1. The first-order chi connectivity index (χ1) is 12.7. The molecule has 3 heterocycles. The first-order valence-corrected chi connectivity index (χ1v) is 10.1. The first kappa shape index (κ1) is 17.2. The van der Waals surface area contributed by atoms with Crippen LogP contribution in [0.2, 0.25) is 0 Å². The fraction of sp³-hybridized carbons (Fsp3) is 0.333. The van der Waals surface area contributed by atoms with Gasteiger partial charge in [0.1, 0.15) is 5.25 Å². The molecule has 2 aliphatic heterocycles. The normalized spacial score (nSPS) is 17.5. The Bertz CT molecular complexity index is 835. The highest BCUT2D eigenvalue weighted by Crippen LogP contribution is 2.40. The van der Waals surface area contributed by atoms with E-state index in [-0.39, 0.29) is 30.5 Å². The largest absolute Gasteiger partial charge is 0.455 e. The minimum Gasteiger partial charge on any atom is -0.455 e. The van der Waals surface area contributed by atoms with Crippen LogP contribution in [0, 0.1) is 0 Å². The maximum Gasteiger partial charge on any atom is 0.324 e. The molecule has 2 aliphatic rings. The zero-order valence-electron chi connectivity index (χ0n) is 13.9. The summed E-state index contributed by atoms with van der Waals surface area (Å²) in [5.74, 6) is 1.58. The smallest absolute Gasteiger partial charge is 0.324 e. The number of benzene rings is 1. The van der Waals surface area contributed by atoms with Gasteiger partial charge in [-0.2, -0.15) is 0 Å². The minimum absolute atomic E-state index is 0.214. The van der Waals surface area contributed by atoms with E-state index in [0.29, 0.717) is 18.0 Å². The van der Waals surface area contributed by atoms with E-state index in [9.17, 15) is 9.59 Å². The number of carbonyl (C=O) groups excluding carboxylic acids is 2. The number of esters is 1. The second-order valence-corrected chi connectivity index (χ2v) is 8.09. The van der Waals surface area contributed by atoms with Gasteiger partial charge in [-0.3, -0.25) is 9.59 Å². The van der Waals surface area contributed by atoms with Gasteiger partial charge in [-0.25, -0.2) is 0 Å². The van der Waals surface area contributed by atoms with Crippen molar-refractivity contribution in [2.24, 2.45) is 0 Å². The Morgan fingerprint density at radius 1 is 1.23 bits per heavy atom. The average Bonchev–Trinajstić information content (AvgIpc) is 3.32. The molecule has 1 aromatic carbocycles. The fourth-order valence-corrected chi connectivity index (χ4v) is 5.14. The maximum atomic E-state index is 12.3. The molecule has 1 amide bonds. The van der Waals surface area contributed by atoms with Gasteiger partial charge in [-0.05, 0) is 46.9 Å². The third kappa shape index (κ3) is 3.66. The average molecular weight is 391 g/mol. The molecule has 4 rings (SSSR count). The Labute approximate surface area is 158 Å². The highest BCUT2D eigenvalue weighted by atomic mass is 32.2. The van der Waals surface area contributed by atoms with Crippen LogP contribution in [0.4, 0.5) is 0 Å². The van der Waals surface area contributed by atoms with Gasteiger partial charge in [0.15, 0.2) is 18.1 Å². The van der Waals surface area contributed by atoms with Crippen LogP contribution in [0.25, 0.3) is 0 Å². The van der Waals surface area contributed by atoms with Crippen molar-refractivity contribution in [1.82, 2.24) is 5.32 Å². The van der Waals surface area contributed by atoms with E-state index in [0.717, 1.165) is 23.3 Å². The summed E-state index contributed by atoms with van der Waals surface area (Å²) in [6.07, 6.45) is 0.984. The van der Waals surface area contributed by atoms with Crippen molar-refractivity contribution in [3.63, 3.8) is 0 Å². The Hall–Kier alpha value is -2.19. The number of hydrogen-bond donors (Lipinski definition) is 1. The van der Waals surface area contributed by atoms with Crippen molar-refractivity contribution in [1.29, 1.82) is 0 Å². The van der Waals surface area contributed by atoms with Crippen molar-refractivity contribution in [3.05, 3.63) is 45.6 Å². The van der Waals surface area contributed by atoms with Crippen LogP contribution >= 0.6 is 23.1 Å². The van der Waals surface area contributed by atoms with E-state index in [1.165, 1.54) is 4.88 Å². The number of ether oxygens (including phenoxy) is 3. The number of fused-ring (bicyclic) bond motifs is 2. The van der Waals surface area contributed by atoms with Crippen molar-refractivity contribution in [2.45, 2.75) is 18.2 Å². The molecule has 2 aromatic rings. The van der Waals surface area contributed by atoms with E-state index in [1.807, 2.05) is 29.6 Å². The Balaban J connectivity index is 1.26. The number of nitrogens with one attached hydrogen (secondary N) is 1. The molecule has 0 saturated heterocycles. The first-order valence-electron chi connectivity index (χ1n) is 8.20. The molecule has 136 valence electrons. The molecule has 0 saturated carbocycles. The highest BCUT2D eigenvalue weighted by molar-refractivity contribution is 8.00. The number of hydrogen-bond acceptors (Lipinski definition) is 7. The Morgan fingerprint density at radius 3 is 3.04 bits per heavy atom. The Kier molecular flexibility index (Phi) is 5.03. The molecule has 6 nitrogen and oxygen atoms in total. The number of thioether (sulfide) groups is 1. The molecule has 0 bridgehead atoms. The summed E-state index contributed by atoms with van der Waals surface area (Å²) in [6.45, 7) is 0.270. The zero-order valence-corrected chi connectivity index (χ0v) is 15.5. The molecule has 8 heteroatoms. The van der Waals surface area contributed by atoms with Crippen LogP contribution in [0.3, 0.4) is 0 Å². The number of carbonyl (C=O) groups is 2. The molecule has 26 heavy (non-hydrogen) atoms. The summed E-state index contributed by atoms with van der Waals surface area (Å²) >= 11 is 3.23. The van der Waals surface area contributed by atoms with E-state index < -0.39 is 0 Å². The third-order valence-electron chi connectivity index (χ3n) is 4.16. The van der Waals surface area contributed by atoms with Gasteiger partial charge in [-0.15, -0.1) is 23.1 Å². The molecular formula is C18H17NO5S2. The summed E-state index contributed by atoms with van der Waals surface area (Å²) in [4.78, 5) is 25.5. The predicted molar refractivity (Wildman–Crippen MR) is 98.6 cm³/mol. The zero-order chi connectivity index (χ0) is 17.9. The third-order valence-corrected chi connectivity index (χ3v) is 6.38. The Morgan fingerprint density at radius 2 is 2.12 bits per heavy atom. The minimum atomic E-state index is -0.354. The number of aryl methyl sites for hydroxylation is 1. The van der Waals surface area contributed by atoms with Crippen LogP contribution in [0.15, 0.2) is 29.6 Å². The van der Waals surface area contributed by atoms with Crippen LogP contribution < -0.4 is 14.8 Å². The molecule has 0 radical (unpaired) electrons. The summed E-state index contributed by atoms with van der Waals surface area (Å²) < 4.78 is 15.8. The van der Waals surface area contributed by atoms with Crippen LogP contribution in [-0.2, 0) is 27.3 Å². The monoisotopic (exact) mass is 391 g/mol. The molecule has 0 aliphatic carbocycles. The molecule has 0 fully saturated rings. The summed E-state index contributed by atoms with van der Waals surface area (Å²) in [5, 5.41) is 4.41. The molecule has 0 spiro atoms. The molecular weight excluding hydrogens is 374 g/mol. The van der Waals surface area contributed by atoms with E-state index >= 15 is 0 Å². The van der Waals surface area contributed by atoms with Crippen molar-refractivity contribution in [3.8, 4) is 11.5 Å². The number of rotatable bonds is 5. The van der Waals surface area contributed by atoms with Crippen LogP contribution in [0.1, 0.15) is 21.3 Å². The van der Waals surface area contributed by atoms with Crippen molar-refractivity contribution in [2.75, 3.05) is 19.2 Å². The van der Waals surface area contributed by atoms with Crippen molar-refractivity contribution >= 4 is 35.0 Å². The van der Waals surface area contributed by atoms with Gasteiger partial charge in [0, 0.05) is 11.4 Å².